The van der Waals surface area contributed by atoms with Gasteiger partial charge in [0, 0.05) is 43.7 Å². The molecule has 0 amide bonds. The van der Waals surface area contributed by atoms with E-state index in [0.29, 0.717) is 0 Å². The molecule has 0 atom stereocenters. The van der Waals surface area contributed by atoms with Gasteiger partial charge in [0.2, 0.25) is 0 Å². The zero-order valence-corrected chi connectivity index (χ0v) is 28.4. The highest BCUT2D eigenvalue weighted by Crippen LogP contribution is 2.44. The van der Waals surface area contributed by atoms with Crippen molar-refractivity contribution in [2.24, 2.45) is 0 Å². The van der Waals surface area contributed by atoms with Gasteiger partial charge in [-0.2, -0.15) is 0 Å². The van der Waals surface area contributed by atoms with E-state index in [0.717, 1.165) is 89.2 Å². The summed E-state index contributed by atoms with van der Waals surface area (Å²) in [6, 6.07) is 59.9. The lowest BCUT2D eigenvalue weighted by molar-refractivity contribution is 0.479. The van der Waals surface area contributed by atoms with E-state index in [1.165, 1.54) is 21.8 Å². The highest BCUT2D eigenvalue weighted by Gasteiger charge is 2.40. The Morgan fingerprint density at radius 1 is 0.434 bits per heavy atom. The fourth-order valence-corrected chi connectivity index (χ4v) is 8.73. The van der Waals surface area contributed by atoms with Crippen molar-refractivity contribution in [1.82, 2.24) is 4.57 Å². The maximum absolute atomic E-state index is 6.89. The number of fused-ring (bicyclic) bond motifs is 10. The van der Waals surface area contributed by atoms with Gasteiger partial charge in [-0.3, -0.25) is 0 Å². The fraction of sp³-hybridized carbons (Fsp3) is 0. The summed E-state index contributed by atoms with van der Waals surface area (Å²) >= 11 is 0. The van der Waals surface area contributed by atoms with Crippen molar-refractivity contribution in [3.63, 3.8) is 0 Å². The smallest absolute Gasteiger partial charge is 0.434 e. The lowest BCUT2D eigenvalue weighted by atomic mass is 9.51. The maximum Gasteiger partial charge on any atom is 0.434 e. The third-order valence-corrected chi connectivity index (χ3v) is 11.1. The Balaban J connectivity index is 0.937. The van der Waals surface area contributed by atoms with Gasteiger partial charge >= 0.3 is 6.92 Å². The number of furan rings is 1. The predicted molar refractivity (Wildman–Crippen MR) is 217 cm³/mol. The molecular formula is C48H28BNO3. The van der Waals surface area contributed by atoms with E-state index in [-0.39, 0.29) is 6.92 Å². The number of rotatable bonds is 3. The second kappa shape index (κ2) is 10.8. The monoisotopic (exact) mass is 677 g/mol. The molecule has 0 fully saturated rings. The van der Waals surface area contributed by atoms with Crippen molar-refractivity contribution in [2.75, 3.05) is 0 Å². The van der Waals surface area contributed by atoms with E-state index in [4.69, 9.17) is 13.8 Å². The molecule has 2 aliphatic rings. The molecule has 10 aromatic rings. The molecule has 2 aliphatic heterocycles. The number of hydrogen-bond acceptors (Lipinski definition) is 3. The predicted octanol–water partition coefficient (Wildman–Crippen LogP) is 11.3. The molecule has 0 spiro atoms. The minimum Gasteiger partial charge on any atom is -0.551 e. The molecular weight excluding hydrogens is 649 g/mol. The molecule has 0 bridgehead atoms. The van der Waals surface area contributed by atoms with Crippen LogP contribution in [-0.2, 0) is 0 Å². The molecule has 0 radical (unpaired) electrons. The lowest BCUT2D eigenvalue weighted by Crippen LogP contribution is -2.53. The molecule has 2 aromatic heterocycles. The summed E-state index contributed by atoms with van der Waals surface area (Å²) in [4.78, 5) is 0. The van der Waals surface area contributed by atoms with Crippen molar-refractivity contribution in [3.8, 4) is 56.3 Å². The Morgan fingerprint density at radius 3 is 2.00 bits per heavy atom. The third-order valence-electron chi connectivity index (χ3n) is 11.1. The number of aromatic nitrogens is 1. The van der Waals surface area contributed by atoms with Gasteiger partial charge in [-0.1, -0.05) is 109 Å². The van der Waals surface area contributed by atoms with Crippen LogP contribution >= 0.6 is 0 Å². The zero-order chi connectivity index (χ0) is 34.6. The number of nitrogens with zero attached hydrogens (tertiary/aromatic N) is 1. The molecule has 0 unspecified atom stereocenters. The van der Waals surface area contributed by atoms with Gasteiger partial charge in [0.1, 0.15) is 28.4 Å². The van der Waals surface area contributed by atoms with Gasteiger partial charge < -0.3 is 18.4 Å². The molecule has 53 heavy (non-hydrogen) atoms. The average molecular weight is 678 g/mol. The summed E-state index contributed by atoms with van der Waals surface area (Å²) in [6.45, 7) is -0.275. The van der Waals surface area contributed by atoms with Crippen molar-refractivity contribution >= 4 is 61.6 Å². The molecule has 0 aliphatic carbocycles. The molecule has 246 valence electrons. The summed E-state index contributed by atoms with van der Waals surface area (Å²) in [5.74, 6) is 2.51. The Kier molecular flexibility index (Phi) is 5.83. The van der Waals surface area contributed by atoms with E-state index < -0.39 is 0 Å². The fourth-order valence-electron chi connectivity index (χ4n) is 8.73. The van der Waals surface area contributed by atoms with E-state index in [2.05, 4.69) is 156 Å². The zero-order valence-electron chi connectivity index (χ0n) is 28.4. The highest BCUT2D eigenvalue weighted by molar-refractivity contribution is 6.84. The van der Waals surface area contributed by atoms with Gasteiger partial charge in [0.25, 0.3) is 0 Å². The van der Waals surface area contributed by atoms with Gasteiger partial charge in [-0.25, -0.2) is 0 Å². The second-order valence-corrected chi connectivity index (χ2v) is 14.0. The Hall–Kier alpha value is -6.98. The summed E-state index contributed by atoms with van der Waals surface area (Å²) in [5.41, 5.74) is 14.0. The topological polar surface area (TPSA) is 36.5 Å². The Labute approximate surface area is 305 Å². The Bertz CT molecular complexity index is 3100. The van der Waals surface area contributed by atoms with Crippen LogP contribution in [0.3, 0.4) is 0 Å². The third kappa shape index (κ3) is 4.13. The van der Waals surface area contributed by atoms with E-state index in [9.17, 15) is 0 Å². The van der Waals surface area contributed by atoms with Crippen molar-refractivity contribution in [2.45, 2.75) is 0 Å². The number of para-hydroxylation sites is 3. The van der Waals surface area contributed by atoms with Crippen molar-refractivity contribution < 1.29 is 13.8 Å². The molecule has 0 saturated carbocycles. The van der Waals surface area contributed by atoms with Gasteiger partial charge in [0.05, 0.1) is 11.0 Å². The van der Waals surface area contributed by atoms with Crippen LogP contribution < -0.4 is 20.3 Å². The minimum atomic E-state index is -0.275. The summed E-state index contributed by atoms with van der Waals surface area (Å²) in [7, 11) is 0. The quantitative estimate of drug-likeness (QED) is 0.175. The lowest BCUT2D eigenvalue weighted by Gasteiger charge is -2.33. The molecule has 12 rings (SSSR count). The van der Waals surface area contributed by atoms with Crippen molar-refractivity contribution in [1.29, 1.82) is 0 Å². The highest BCUT2D eigenvalue weighted by atomic mass is 16.5. The number of ether oxygens (including phenoxy) is 1. The van der Waals surface area contributed by atoms with Crippen LogP contribution in [0.2, 0.25) is 0 Å². The molecule has 0 saturated heterocycles. The van der Waals surface area contributed by atoms with E-state index in [1.54, 1.807) is 0 Å². The molecule has 0 N–H and O–H groups in total. The second-order valence-electron chi connectivity index (χ2n) is 14.0. The summed E-state index contributed by atoms with van der Waals surface area (Å²) in [5, 5.41) is 4.75. The molecule has 4 heterocycles. The first-order chi connectivity index (χ1) is 26.3. The summed E-state index contributed by atoms with van der Waals surface area (Å²) < 4.78 is 22.2. The molecule has 4 nitrogen and oxygen atoms in total. The van der Waals surface area contributed by atoms with Gasteiger partial charge in [0.15, 0.2) is 0 Å². The first-order valence-electron chi connectivity index (χ1n) is 18.0. The SMILES string of the molecule is c1cc(-c2ccc3c(c2)Oc2cccc4c2B3Oc2ccc(-c3cccc5oc6ccccc6c35)cc2-4)cc(-n2c3ccccc3c3ccccc32)c1. The first-order valence-corrected chi connectivity index (χ1v) is 18.0. The van der Waals surface area contributed by atoms with Gasteiger partial charge in [-0.05, 0) is 88.5 Å². The maximum atomic E-state index is 6.89. The van der Waals surface area contributed by atoms with Gasteiger partial charge in [-0.15, -0.1) is 0 Å². The van der Waals surface area contributed by atoms with Crippen LogP contribution in [0.25, 0.3) is 82.8 Å². The number of hydrogen-bond donors (Lipinski definition) is 0. The average Bonchev–Trinajstić information content (AvgIpc) is 3.77. The van der Waals surface area contributed by atoms with Crippen LogP contribution in [0, 0.1) is 0 Å². The largest absolute Gasteiger partial charge is 0.551 e. The Morgan fingerprint density at radius 2 is 1.13 bits per heavy atom. The minimum absolute atomic E-state index is 0.275. The van der Waals surface area contributed by atoms with Crippen LogP contribution in [0.1, 0.15) is 0 Å². The summed E-state index contributed by atoms with van der Waals surface area (Å²) in [6.07, 6.45) is 0. The normalized spacial score (nSPS) is 12.8. The molecule has 5 heteroatoms. The van der Waals surface area contributed by atoms with E-state index in [1.807, 2.05) is 18.2 Å². The van der Waals surface area contributed by atoms with Crippen molar-refractivity contribution in [3.05, 3.63) is 170 Å². The van der Waals surface area contributed by atoms with Crippen LogP contribution in [0.15, 0.2) is 174 Å². The van der Waals surface area contributed by atoms with Crippen LogP contribution in [0.4, 0.5) is 0 Å². The van der Waals surface area contributed by atoms with Crippen LogP contribution in [0.5, 0.6) is 17.2 Å². The first kappa shape index (κ1) is 28.7. The van der Waals surface area contributed by atoms with Crippen LogP contribution in [-0.4, -0.2) is 11.5 Å². The molecule has 8 aromatic carbocycles. The number of benzene rings is 8. The van der Waals surface area contributed by atoms with E-state index >= 15 is 0 Å². The standard InChI is InChI=1S/C48H28BNO3/c1-4-17-40-34(12-1)35-13-2-5-18-41(35)50(40)32-11-7-10-29(26-32)30-22-24-39-46(28-30)52-45-21-9-16-36-38-27-31(23-25-43(38)53-49(39)48(36)45)33-15-8-20-44-47(33)37-14-3-6-19-42(37)51-44/h1-28H.